The van der Waals surface area contributed by atoms with Crippen molar-refractivity contribution in [3.8, 4) is 0 Å². The summed E-state index contributed by atoms with van der Waals surface area (Å²) in [5, 5.41) is 3.05. The highest BCUT2D eigenvalue weighted by molar-refractivity contribution is 6.48. The third kappa shape index (κ3) is 7.55. The number of carbonyl (C=O) groups excluding carboxylic acids is 3. The lowest BCUT2D eigenvalue weighted by atomic mass is 9.79. The molecular formula is C34H44B2N6O4. The summed E-state index contributed by atoms with van der Waals surface area (Å²) in [4.78, 5) is 50.8. The first-order valence-electron chi connectivity index (χ1n) is 16.7. The minimum atomic E-state index is -0.969. The number of piperazine rings is 1. The standard InChI is InChI=1S/C34H44B2N6O4/c1-38-18-20-39(21-19-38)26-9-13-40(14-10-26)32(43)31(23-24-6-7-28(35)29(36)22-24)46-34(45)41-15-11-27(12-16-41)42-17-8-25-4-2-3-5-30(25)37-33(42)44/h2-7,22,26-27,31H,8-21,23H2,1H3,(H,37,44)/t31-/m1/s1. The van der Waals surface area contributed by atoms with E-state index in [1.165, 1.54) is 0 Å². The molecule has 2 aromatic rings. The number of piperidine rings is 2. The molecule has 240 valence electrons. The fraction of sp³-hybridized carbons (Fsp3) is 0.559. The van der Waals surface area contributed by atoms with Gasteiger partial charge in [-0.1, -0.05) is 36.4 Å². The molecule has 0 bridgehead atoms. The number of likely N-dealkylation sites (tertiary alicyclic amines) is 2. The molecule has 0 saturated carbocycles. The molecule has 3 saturated heterocycles. The van der Waals surface area contributed by atoms with Gasteiger partial charge in [-0.05, 0) is 56.3 Å². The number of hydrogen-bond acceptors (Lipinski definition) is 6. The minimum Gasteiger partial charge on any atom is -0.436 e. The van der Waals surface area contributed by atoms with Crippen molar-refractivity contribution >= 4 is 50.3 Å². The van der Waals surface area contributed by atoms with Gasteiger partial charge in [0.25, 0.3) is 5.91 Å². The normalized spacial score (nSPS) is 21.3. The number of anilines is 1. The molecule has 2 aromatic carbocycles. The molecule has 3 fully saturated rings. The van der Waals surface area contributed by atoms with E-state index < -0.39 is 12.2 Å². The zero-order valence-corrected chi connectivity index (χ0v) is 26.9. The first kappa shape index (κ1) is 32.4. The topological polar surface area (TPSA) is 88.7 Å². The highest BCUT2D eigenvalue weighted by atomic mass is 16.6. The lowest BCUT2D eigenvalue weighted by Gasteiger charge is -2.42. The van der Waals surface area contributed by atoms with Crippen molar-refractivity contribution in [3.05, 3.63) is 53.6 Å². The van der Waals surface area contributed by atoms with Crippen LogP contribution < -0.4 is 16.2 Å². The van der Waals surface area contributed by atoms with Crippen molar-refractivity contribution in [1.82, 2.24) is 24.5 Å². The van der Waals surface area contributed by atoms with E-state index in [0.717, 1.165) is 62.3 Å². The van der Waals surface area contributed by atoms with Crippen LogP contribution in [-0.4, -0.2) is 142 Å². The summed E-state index contributed by atoms with van der Waals surface area (Å²) in [5.74, 6) is -0.170. The molecule has 1 N–H and O–H groups in total. The van der Waals surface area contributed by atoms with Crippen LogP contribution in [0.4, 0.5) is 15.3 Å². The van der Waals surface area contributed by atoms with Gasteiger partial charge in [0.05, 0.1) is 0 Å². The molecule has 12 heteroatoms. The monoisotopic (exact) mass is 622 g/mol. The Labute approximate surface area is 275 Å². The maximum absolute atomic E-state index is 13.9. The average molecular weight is 622 g/mol. The second-order valence-corrected chi connectivity index (χ2v) is 13.2. The van der Waals surface area contributed by atoms with Crippen molar-refractivity contribution < 1.29 is 19.1 Å². The molecule has 4 radical (unpaired) electrons. The van der Waals surface area contributed by atoms with Gasteiger partial charge >= 0.3 is 12.1 Å². The number of ether oxygens (including phenoxy) is 1. The zero-order valence-electron chi connectivity index (χ0n) is 26.9. The molecule has 10 nitrogen and oxygen atoms in total. The number of benzene rings is 2. The number of nitrogens with one attached hydrogen (secondary N) is 1. The molecule has 6 rings (SSSR count). The fourth-order valence-electron chi connectivity index (χ4n) is 7.28. The van der Waals surface area contributed by atoms with Crippen LogP contribution in [0, 0.1) is 0 Å². The third-order valence-corrected chi connectivity index (χ3v) is 10.2. The molecule has 4 aliphatic rings. The van der Waals surface area contributed by atoms with Crippen LogP contribution in [0.5, 0.6) is 0 Å². The Kier molecular flexibility index (Phi) is 10.2. The molecule has 0 aromatic heterocycles. The molecular weight excluding hydrogens is 578 g/mol. The number of likely N-dealkylation sites (N-methyl/N-ethyl adjacent to an activating group) is 1. The van der Waals surface area contributed by atoms with Gasteiger partial charge in [0.15, 0.2) is 6.10 Å². The molecule has 0 spiro atoms. The SMILES string of the molecule is [B]c1ccc(C[C@@H](OC(=O)N2CCC(N3CCc4ccccc4NC3=O)CC2)C(=O)N2CCC(N3CCN(C)CC3)CC2)cc1[B]. The summed E-state index contributed by atoms with van der Waals surface area (Å²) < 4.78 is 6.01. The number of fused-ring (bicyclic) bond motifs is 1. The van der Waals surface area contributed by atoms with E-state index >= 15 is 0 Å². The van der Waals surface area contributed by atoms with Gasteiger partial charge in [-0.25, -0.2) is 9.59 Å². The van der Waals surface area contributed by atoms with Gasteiger partial charge in [0.1, 0.15) is 15.7 Å². The van der Waals surface area contributed by atoms with Crippen molar-refractivity contribution in [2.75, 3.05) is 71.3 Å². The van der Waals surface area contributed by atoms with Gasteiger partial charge in [-0.3, -0.25) is 9.69 Å². The van der Waals surface area contributed by atoms with E-state index in [-0.39, 0.29) is 24.4 Å². The van der Waals surface area contributed by atoms with E-state index in [4.69, 9.17) is 20.4 Å². The van der Waals surface area contributed by atoms with Crippen molar-refractivity contribution in [3.63, 3.8) is 0 Å². The highest BCUT2D eigenvalue weighted by Crippen LogP contribution is 2.25. The number of carbonyl (C=O) groups is 3. The quantitative estimate of drug-likeness (QED) is 0.487. The van der Waals surface area contributed by atoms with Crippen LogP contribution in [0.1, 0.15) is 36.8 Å². The van der Waals surface area contributed by atoms with Gasteiger partial charge < -0.3 is 29.7 Å². The molecule has 4 aliphatic heterocycles. The van der Waals surface area contributed by atoms with Gasteiger partial charge in [-0.2, -0.15) is 0 Å². The summed E-state index contributed by atoms with van der Waals surface area (Å²) in [6.07, 6.45) is 2.64. The Hall–Kier alpha value is -3.50. The largest absolute Gasteiger partial charge is 0.436 e. The van der Waals surface area contributed by atoms with Gasteiger partial charge in [0.2, 0.25) is 0 Å². The van der Waals surface area contributed by atoms with Crippen LogP contribution in [0.3, 0.4) is 0 Å². The summed E-state index contributed by atoms with van der Waals surface area (Å²) in [5.41, 5.74) is 3.68. The van der Waals surface area contributed by atoms with E-state index in [9.17, 15) is 14.4 Å². The van der Waals surface area contributed by atoms with Crippen LogP contribution in [0.25, 0.3) is 0 Å². The molecule has 0 unspecified atom stereocenters. The molecule has 1 atom stereocenters. The van der Waals surface area contributed by atoms with Gasteiger partial charge in [0, 0.05) is 83.1 Å². The van der Waals surface area contributed by atoms with Crippen molar-refractivity contribution in [2.45, 2.75) is 56.7 Å². The average Bonchev–Trinajstić information content (AvgIpc) is 3.24. The maximum atomic E-state index is 13.9. The van der Waals surface area contributed by atoms with Crippen LogP contribution >= 0.6 is 0 Å². The van der Waals surface area contributed by atoms with Crippen LogP contribution in [-0.2, 0) is 22.4 Å². The summed E-state index contributed by atoms with van der Waals surface area (Å²) in [7, 11) is 14.2. The Morgan fingerprint density at radius 3 is 2.24 bits per heavy atom. The lowest BCUT2D eigenvalue weighted by molar-refractivity contribution is -0.142. The highest BCUT2D eigenvalue weighted by Gasteiger charge is 2.36. The Balaban J connectivity index is 1.07. The zero-order chi connectivity index (χ0) is 32.2. The van der Waals surface area contributed by atoms with E-state index in [0.29, 0.717) is 62.5 Å². The summed E-state index contributed by atoms with van der Waals surface area (Å²) >= 11 is 0. The summed E-state index contributed by atoms with van der Waals surface area (Å²) in [6.45, 7) is 7.06. The number of para-hydroxylation sites is 1. The Bertz CT molecular complexity index is 1400. The van der Waals surface area contributed by atoms with Crippen molar-refractivity contribution in [1.29, 1.82) is 0 Å². The maximum Gasteiger partial charge on any atom is 0.410 e. The fourth-order valence-corrected chi connectivity index (χ4v) is 7.28. The van der Waals surface area contributed by atoms with Gasteiger partial charge in [-0.15, -0.1) is 10.9 Å². The van der Waals surface area contributed by atoms with Crippen LogP contribution in [0.15, 0.2) is 42.5 Å². The first-order valence-corrected chi connectivity index (χ1v) is 16.7. The predicted octanol–water partition coefficient (Wildman–Crippen LogP) is 1.11. The number of amides is 4. The number of rotatable bonds is 6. The van der Waals surface area contributed by atoms with Crippen molar-refractivity contribution in [2.24, 2.45) is 0 Å². The lowest BCUT2D eigenvalue weighted by Crippen LogP contribution is -2.54. The number of urea groups is 1. The molecule has 0 aliphatic carbocycles. The number of hydrogen-bond donors (Lipinski definition) is 1. The smallest absolute Gasteiger partial charge is 0.410 e. The molecule has 46 heavy (non-hydrogen) atoms. The minimum absolute atomic E-state index is 0.0233. The first-order chi connectivity index (χ1) is 22.2. The summed E-state index contributed by atoms with van der Waals surface area (Å²) in [6, 6.07) is 13.6. The third-order valence-electron chi connectivity index (χ3n) is 10.2. The number of nitrogens with zero attached hydrogens (tertiary/aromatic N) is 5. The van der Waals surface area contributed by atoms with Crippen LogP contribution in [0.2, 0.25) is 0 Å². The van der Waals surface area contributed by atoms with E-state index in [1.54, 1.807) is 17.0 Å². The van der Waals surface area contributed by atoms with E-state index in [2.05, 4.69) is 22.2 Å². The Morgan fingerprint density at radius 1 is 0.848 bits per heavy atom. The second-order valence-electron chi connectivity index (χ2n) is 13.2. The Morgan fingerprint density at radius 2 is 1.52 bits per heavy atom. The molecule has 4 amide bonds. The molecule has 4 heterocycles. The second kappa shape index (κ2) is 14.5. The predicted molar refractivity (Wildman–Crippen MR) is 180 cm³/mol. The van der Waals surface area contributed by atoms with E-state index in [1.807, 2.05) is 40.1 Å².